The van der Waals surface area contributed by atoms with Gasteiger partial charge < -0.3 is 15.2 Å². The van der Waals surface area contributed by atoms with Crippen molar-refractivity contribution in [2.24, 2.45) is 11.6 Å². The summed E-state index contributed by atoms with van der Waals surface area (Å²) in [4.78, 5) is 22.9. The van der Waals surface area contributed by atoms with E-state index >= 15 is 0 Å². The molecule has 0 radical (unpaired) electrons. The zero-order chi connectivity index (χ0) is 14.5. The highest BCUT2D eigenvalue weighted by Gasteiger charge is 2.13. The van der Waals surface area contributed by atoms with Crippen LogP contribution in [0.5, 0.6) is 17.8 Å². The number of rotatable bonds is 5. The molecule has 9 heteroatoms. The van der Waals surface area contributed by atoms with Crippen LogP contribution >= 0.6 is 0 Å². The van der Waals surface area contributed by atoms with Crippen molar-refractivity contribution in [2.45, 2.75) is 0 Å². The van der Waals surface area contributed by atoms with E-state index in [2.05, 4.69) is 20.4 Å². The Bertz CT molecular complexity index is 611. The molecule has 20 heavy (non-hydrogen) atoms. The Balaban J connectivity index is 2.37. The number of nitrogens with zero attached hydrogens (tertiary/aromatic N) is 3. The van der Waals surface area contributed by atoms with E-state index in [1.54, 1.807) is 18.2 Å². The summed E-state index contributed by atoms with van der Waals surface area (Å²) < 4.78 is 10.3. The molecule has 2 aromatic rings. The third-order valence-electron chi connectivity index (χ3n) is 2.26. The topological polar surface area (TPSA) is 138 Å². The Kier molecular flexibility index (Phi) is 3.91. The van der Waals surface area contributed by atoms with Crippen LogP contribution < -0.4 is 26.5 Å². The lowest BCUT2D eigenvalue weighted by Crippen LogP contribution is -2.14. The van der Waals surface area contributed by atoms with E-state index in [4.69, 9.17) is 21.1 Å². The average molecular weight is 276 g/mol. The molecule has 2 rings (SSSR count). The number of nitrogens with two attached hydrogens (primary N) is 2. The highest BCUT2D eigenvalue weighted by atomic mass is 16.5. The molecule has 0 aliphatic heterocycles. The molecule has 0 saturated heterocycles. The van der Waals surface area contributed by atoms with Crippen LogP contribution in [0.1, 0.15) is 10.4 Å². The third kappa shape index (κ3) is 2.90. The molecule has 0 aliphatic rings. The maximum absolute atomic E-state index is 11.3. The second-order valence-electron chi connectivity index (χ2n) is 3.54. The minimum absolute atomic E-state index is 0.0134. The number of ether oxygens (including phenoxy) is 2. The number of amides is 1. The Morgan fingerprint density at radius 2 is 1.90 bits per heavy atom. The van der Waals surface area contributed by atoms with Gasteiger partial charge in [-0.25, -0.2) is 5.84 Å². The number of hydrogen-bond acceptors (Lipinski definition) is 8. The summed E-state index contributed by atoms with van der Waals surface area (Å²) in [6.45, 7) is 0. The molecule has 0 spiro atoms. The number of nitrogens with one attached hydrogen (secondary N) is 1. The fourth-order valence-corrected chi connectivity index (χ4v) is 1.40. The smallest absolute Gasteiger partial charge is 0.330 e. The number of carbonyl (C=O) groups excluding carboxylic acids is 1. The summed E-state index contributed by atoms with van der Waals surface area (Å²) in [7, 11) is 1.39. The van der Waals surface area contributed by atoms with Crippen molar-refractivity contribution in [3.8, 4) is 17.8 Å². The van der Waals surface area contributed by atoms with Crippen LogP contribution in [0.15, 0.2) is 24.3 Å². The zero-order valence-corrected chi connectivity index (χ0v) is 10.5. The lowest BCUT2D eigenvalue weighted by atomic mass is 10.2. The van der Waals surface area contributed by atoms with Gasteiger partial charge >= 0.3 is 12.0 Å². The molecule has 0 bridgehead atoms. The van der Waals surface area contributed by atoms with Crippen LogP contribution in [-0.2, 0) is 0 Å². The maximum atomic E-state index is 11.3. The van der Waals surface area contributed by atoms with E-state index in [1.165, 1.54) is 13.2 Å². The van der Waals surface area contributed by atoms with Crippen LogP contribution in [-0.4, -0.2) is 28.0 Å². The van der Waals surface area contributed by atoms with E-state index in [9.17, 15) is 4.79 Å². The van der Waals surface area contributed by atoms with Gasteiger partial charge in [-0.1, -0.05) is 12.1 Å². The van der Waals surface area contributed by atoms with Gasteiger partial charge in [0.2, 0.25) is 5.95 Å². The number of hydrazine groups is 1. The molecule has 0 unspecified atom stereocenters. The molecule has 1 amide bonds. The highest BCUT2D eigenvalue weighted by molar-refractivity contribution is 5.95. The van der Waals surface area contributed by atoms with E-state index < -0.39 is 5.91 Å². The molecular weight excluding hydrogens is 264 g/mol. The standard InChI is InChI=1S/C11H12N6O3/c1-19-10-14-9(17-13)15-11(16-10)20-7-5-3-2-4-6(7)8(12)18/h2-5H,13H2,1H3,(H2,12,18)(H,14,15,16,17). The summed E-state index contributed by atoms with van der Waals surface area (Å²) in [5.74, 6) is 4.88. The fourth-order valence-electron chi connectivity index (χ4n) is 1.40. The molecule has 1 aromatic heterocycles. The largest absolute Gasteiger partial charge is 0.467 e. The van der Waals surface area contributed by atoms with Crippen molar-refractivity contribution < 1.29 is 14.3 Å². The second-order valence-corrected chi connectivity index (χ2v) is 3.54. The van der Waals surface area contributed by atoms with Crippen LogP contribution in [0.25, 0.3) is 0 Å². The predicted octanol–water partition coefficient (Wildman–Crippen LogP) is 0.0570. The number of benzene rings is 1. The van der Waals surface area contributed by atoms with Gasteiger partial charge in [0.1, 0.15) is 5.75 Å². The molecule has 104 valence electrons. The van der Waals surface area contributed by atoms with Gasteiger partial charge in [-0.2, -0.15) is 9.97 Å². The Labute approximate surface area is 113 Å². The van der Waals surface area contributed by atoms with Crippen molar-refractivity contribution in [2.75, 3.05) is 12.5 Å². The molecule has 0 aliphatic carbocycles. The number of para-hydroxylation sites is 1. The first-order chi connectivity index (χ1) is 9.63. The summed E-state index contributed by atoms with van der Waals surface area (Å²) in [5, 5.41) is 0. The summed E-state index contributed by atoms with van der Waals surface area (Å²) in [6, 6.07) is 6.36. The minimum atomic E-state index is -0.626. The van der Waals surface area contributed by atoms with Gasteiger partial charge in [-0.15, -0.1) is 4.98 Å². The fraction of sp³-hybridized carbons (Fsp3) is 0.0909. The van der Waals surface area contributed by atoms with Crippen molar-refractivity contribution in [1.82, 2.24) is 15.0 Å². The predicted molar refractivity (Wildman–Crippen MR) is 69.2 cm³/mol. The van der Waals surface area contributed by atoms with Crippen LogP contribution in [0.3, 0.4) is 0 Å². The molecular formula is C11H12N6O3. The SMILES string of the molecule is COc1nc(NN)nc(Oc2ccccc2C(N)=O)n1. The quantitative estimate of drug-likeness (QED) is 0.514. The first kappa shape index (κ1) is 13.5. The lowest BCUT2D eigenvalue weighted by molar-refractivity contribution is 0.0998. The number of hydrogen-bond donors (Lipinski definition) is 3. The van der Waals surface area contributed by atoms with Gasteiger partial charge in [-0.05, 0) is 12.1 Å². The second kappa shape index (κ2) is 5.80. The van der Waals surface area contributed by atoms with E-state index in [1.807, 2.05) is 0 Å². The van der Waals surface area contributed by atoms with Crippen LogP contribution in [0.4, 0.5) is 5.95 Å². The number of primary amides is 1. The molecule has 1 aromatic carbocycles. The number of methoxy groups -OCH3 is 1. The average Bonchev–Trinajstić information content (AvgIpc) is 2.47. The van der Waals surface area contributed by atoms with Gasteiger partial charge in [0, 0.05) is 0 Å². The van der Waals surface area contributed by atoms with E-state index in [0.717, 1.165) is 0 Å². The monoisotopic (exact) mass is 276 g/mol. The molecule has 0 saturated carbocycles. The lowest BCUT2D eigenvalue weighted by Gasteiger charge is -2.08. The first-order valence-corrected chi connectivity index (χ1v) is 5.47. The van der Waals surface area contributed by atoms with E-state index in [0.29, 0.717) is 0 Å². The molecule has 0 fully saturated rings. The first-order valence-electron chi connectivity index (χ1n) is 5.47. The molecule has 9 nitrogen and oxygen atoms in total. The summed E-state index contributed by atoms with van der Waals surface area (Å²) in [5.41, 5.74) is 7.71. The van der Waals surface area contributed by atoms with Crippen LogP contribution in [0, 0.1) is 0 Å². The number of anilines is 1. The summed E-state index contributed by atoms with van der Waals surface area (Å²) in [6.07, 6.45) is 0. The highest BCUT2D eigenvalue weighted by Crippen LogP contribution is 2.23. The number of nitrogen functional groups attached to an aromatic ring is 1. The third-order valence-corrected chi connectivity index (χ3v) is 2.26. The van der Waals surface area contributed by atoms with Crippen molar-refractivity contribution in [1.29, 1.82) is 0 Å². The van der Waals surface area contributed by atoms with Crippen molar-refractivity contribution >= 4 is 11.9 Å². The zero-order valence-electron chi connectivity index (χ0n) is 10.5. The van der Waals surface area contributed by atoms with Crippen molar-refractivity contribution in [3.63, 3.8) is 0 Å². The number of aromatic nitrogens is 3. The van der Waals surface area contributed by atoms with E-state index in [-0.39, 0.29) is 29.3 Å². The van der Waals surface area contributed by atoms with Gasteiger partial charge in [0.25, 0.3) is 5.91 Å². The van der Waals surface area contributed by atoms with Crippen LogP contribution in [0.2, 0.25) is 0 Å². The Hall–Kier alpha value is -2.94. The van der Waals surface area contributed by atoms with Gasteiger partial charge in [0.15, 0.2) is 0 Å². The molecule has 5 N–H and O–H groups in total. The minimum Gasteiger partial charge on any atom is -0.467 e. The maximum Gasteiger partial charge on any atom is 0.330 e. The summed E-state index contributed by atoms with van der Waals surface area (Å²) >= 11 is 0. The van der Waals surface area contributed by atoms with Gasteiger partial charge in [-0.3, -0.25) is 10.2 Å². The molecule has 1 heterocycles. The molecule has 0 atom stereocenters. The van der Waals surface area contributed by atoms with Gasteiger partial charge in [0.05, 0.1) is 12.7 Å². The Morgan fingerprint density at radius 3 is 2.55 bits per heavy atom. The normalized spacial score (nSPS) is 9.90. The number of carbonyl (C=O) groups is 1. The van der Waals surface area contributed by atoms with Crippen molar-refractivity contribution in [3.05, 3.63) is 29.8 Å². The Morgan fingerprint density at radius 1 is 1.20 bits per heavy atom.